The highest BCUT2D eigenvalue weighted by Crippen LogP contribution is 2.39. The first-order valence-corrected chi connectivity index (χ1v) is 13.4. The Balaban J connectivity index is 1.38. The topological polar surface area (TPSA) is 95.9 Å². The average Bonchev–Trinajstić information content (AvgIpc) is 3.62. The molecule has 5 rings (SSSR count). The molecule has 0 radical (unpaired) electrons. The zero-order valence-corrected chi connectivity index (χ0v) is 22.1. The van der Waals surface area contributed by atoms with E-state index in [1.807, 2.05) is 19.1 Å². The molecule has 39 heavy (non-hydrogen) atoms. The van der Waals surface area contributed by atoms with Crippen molar-refractivity contribution in [2.45, 2.75) is 25.8 Å². The van der Waals surface area contributed by atoms with Crippen LogP contribution in [0.4, 0.5) is 9.18 Å². The van der Waals surface area contributed by atoms with Gasteiger partial charge in [-0.15, -0.1) is 0 Å². The smallest absolute Gasteiger partial charge is 0.317 e. The second-order valence-electron chi connectivity index (χ2n) is 9.70. The molecule has 10 nitrogen and oxygen atoms in total. The number of ether oxygens (including phenoxy) is 3. The van der Waals surface area contributed by atoms with Gasteiger partial charge in [-0.05, 0) is 30.2 Å². The summed E-state index contributed by atoms with van der Waals surface area (Å²) in [6.45, 7) is 6.35. The Hall–Kier alpha value is -3.70. The minimum Gasteiger partial charge on any atom is -0.454 e. The van der Waals surface area contributed by atoms with Gasteiger partial charge in [0.15, 0.2) is 11.5 Å². The molecule has 0 spiro atoms. The fourth-order valence-corrected chi connectivity index (χ4v) is 4.90. The van der Waals surface area contributed by atoms with Gasteiger partial charge in [-0.25, -0.2) is 14.2 Å². The number of morpholine rings is 1. The van der Waals surface area contributed by atoms with Crippen molar-refractivity contribution in [3.63, 3.8) is 0 Å². The molecule has 1 fully saturated rings. The molecule has 11 heteroatoms. The van der Waals surface area contributed by atoms with E-state index in [1.165, 1.54) is 16.0 Å². The zero-order valence-electron chi connectivity index (χ0n) is 22.1. The minimum atomic E-state index is -0.485. The van der Waals surface area contributed by atoms with Gasteiger partial charge >= 0.3 is 6.03 Å². The largest absolute Gasteiger partial charge is 0.454 e. The normalized spacial score (nSPS) is 18.7. The molecule has 3 amide bonds. The summed E-state index contributed by atoms with van der Waals surface area (Å²) in [5.74, 6) is 0.468. The van der Waals surface area contributed by atoms with Gasteiger partial charge < -0.3 is 24.4 Å². The maximum Gasteiger partial charge on any atom is 0.317 e. The van der Waals surface area contributed by atoms with Gasteiger partial charge in [-0.2, -0.15) is 5.10 Å². The summed E-state index contributed by atoms with van der Waals surface area (Å²) in [5.41, 5.74) is 1.61. The number of carbonyl (C=O) groups is 2. The third kappa shape index (κ3) is 6.31. The molecule has 3 heterocycles. The van der Waals surface area contributed by atoms with Crippen molar-refractivity contribution in [3.05, 3.63) is 59.4 Å². The molecule has 0 saturated carbocycles. The minimum absolute atomic E-state index is 0.133. The maximum absolute atomic E-state index is 14.7. The highest BCUT2D eigenvalue weighted by Gasteiger charge is 2.36. The Morgan fingerprint density at radius 3 is 2.72 bits per heavy atom. The number of hydrogen-bond acceptors (Lipinski definition) is 7. The van der Waals surface area contributed by atoms with Crippen LogP contribution in [0.5, 0.6) is 11.5 Å². The van der Waals surface area contributed by atoms with E-state index in [9.17, 15) is 14.0 Å². The Labute approximate surface area is 227 Å². The van der Waals surface area contributed by atoms with Gasteiger partial charge in [-0.3, -0.25) is 9.69 Å². The Kier molecular flexibility index (Phi) is 8.58. The molecule has 208 valence electrons. The first kappa shape index (κ1) is 26.9. The van der Waals surface area contributed by atoms with E-state index < -0.39 is 11.9 Å². The lowest BCUT2D eigenvalue weighted by Gasteiger charge is -2.31. The summed E-state index contributed by atoms with van der Waals surface area (Å²) in [5, 5.41) is 8.87. The molecule has 1 N–H and O–H groups in total. The van der Waals surface area contributed by atoms with Crippen molar-refractivity contribution in [2.75, 3.05) is 59.3 Å². The van der Waals surface area contributed by atoms with Crippen molar-refractivity contribution in [1.82, 2.24) is 20.1 Å². The molecule has 2 aromatic rings. The van der Waals surface area contributed by atoms with Crippen molar-refractivity contribution < 1.29 is 28.2 Å². The summed E-state index contributed by atoms with van der Waals surface area (Å²) in [4.78, 5) is 30.5. The van der Waals surface area contributed by atoms with E-state index >= 15 is 0 Å². The summed E-state index contributed by atoms with van der Waals surface area (Å²) in [7, 11) is 0. The first-order chi connectivity index (χ1) is 19.0. The summed E-state index contributed by atoms with van der Waals surface area (Å²) in [6.07, 6.45) is 1.10. The van der Waals surface area contributed by atoms with Gasteiger partial charge in [0.25, 0.3) is 5.91 Å². The highest BCUT2D eigenvalue weighted by molar-refractivity contribution is 6.03. The van der Waals surface area contributed by atoms with Crippen LogP contribution in [-0.2, 0) is 9.53 Å². The van der Waals surface area contributed by atoms with Crippen molar-refractivity contribution in [3.8, 4) is 11.5 Å². The third-order valence-electron chi connectivity index (χ3n) is 7.06. The van der Waals surface area contributed by atoms with Crippen LogP contribution in [0.25, 0.3) is 0 Å². The van der Waals surface area contributed by atoms with Crippen LogP contribution >= 0.6 is 0 Å². The van der Waals surface area contributed by atoms with Crippen molar-refractivity contribution >= 4 is 17.6 Å². The van der Waals surface area contributed by atoms with Crippen LogP contribution in [0.1, 0.15) is 36.9 Å². The molecule has 1 saturated heterocycles. The summed E-state index contributed by atoms with van der Waals surface area (Å²) in [6, 6.07) is 11.1. The molecule has 3 aliphatic heterocycles. The molecule has 1 atom stereocenters. The predicted octanol–water partition coefficient (Wildman–Crippen LogP) is 2.99. The first-order valence-electron chi connectivity index (χ1n) is 13.4. The molecule has 3 aliphatic rings. The average molecular weight is 540 g/mol. The molecular formula is C28H34FN5O5. The number of nitrogens with one attached hydrogen (secondary N) is 1. The maximum atomic E-state index is 14.7. The molecule has 0 bridgehead atoms. The number of fused-ring (bicyclic) bond motifs is 1. The van der Waals surface area contributed by atoms with E-state index in [0.717, 1.165) is 25.1 Å². The standard InChI is InChI=1S/C28H34FN5O5/c1-2-9-30-28(36)33(11-10-32-12-14-37-15-13-32)18-27(35)34-24(20-7-8-25-26(16-20)39-19-38-25)17-23(31-34)21-5-3-4-6-22(21)29/h3-8,16,24H,2,9-15,17-19H2,1H3,(H,30,36)/t24-/m1/s1. The van der Waals surface area contributed by atoms with Crippen molar-refractivity contribution in [1.29, 1.82) is 0 Å². The van der Waals surface area contributed by atoms with Crippen molar-refractivity contribution in [2.24, 2.45) is 5.10 Å². The Bertz CT molecular complexity index is 1220. The van der Waals surface area contributed by atoms with Crippen LogP contribution in [0.15, 0.2) is 47.6 Å². The molecular weight excluding hydrogens is 505 g/mol. The SMILES string of the molecule is CCCNC(=O)N(CCN1CCOCC1)CC(=O)N1N=C(c2ccccc2F)C[C@@H]1c1ccc2c(c1)OCO2. The number of rotatable bonds is 9. The van der Waals surface area contributed by atoms with E-state index in [0.29, 0.717) is 62.0 Å². The monoisotopic (exact) mass is 539 g/mol. The van der Waals surface area contributed by atoms with Gasteiger partial charge in [0.1, 0.15) is 12.4 Å². The second kappa shape index (κ2) is 12.4. The molecule has 0 aliphatic carbocycles. The fourth-order valence-electron chi connectivity index (χ4n) is 4.90. The second-order valence-corrected chi connectivity index (χ2v) is 9.70. The highest BCUT2D eigenvalue weighted by atomic mass is 19.1. The number of amides is 3. The van der Waals surface area contributed by atoms with E-state index in [4.69, 9.17) is 14.2 Å². The lowest BCUT2D eigenvalue weighted by Crippen LogP contribution is -2.49. The van der Waals surface area contributed by atoms with Crippen LogP contribution in [0.3, 0.4) is 0 Å². The lowest BCUT2D eigenvalue weighted by molar-refractivity contribution is -0.133. The van der Waals surface area contributed by atoms with Crippen LogP contribution in [-0.4, -0.2) is 91.7 Å². The number of hydrazone groups is 1. The van der Waals surface area contributed by atoms with E-state index in [1.54, 1.807) is 24.3 Å². The molecule has 2 aromatic carbocycles. The number of nitrogens with zero attached hydrogens (tertiary/aromatic N) is 4. The Morgan fingerprint density at radius 2 is 1.92 bits per heavy atom. The van der Waals surface area contributed by atoms with E-state index in [-0.39, 0.29) is 25.3 Å². The summed E-state index contributed by atoms with van der Waals surface area (Å²) < 4.78 is 31.1. The van der Waals surface area contributed by atoms with Gasteiger partial charge in [0.05, 0.1) is 25.0 Å². The molecule has 0 unspecified atom stereocenters. The van der Waals surface area contributed by atoms with Gasteiger partial charge in [0, 0.05) is 44.7 Å². The number of benzene rings is 2. The number of carbonyl (C=O) groups excluding carboxylic acids is 2. The zero-order chi connectivity index (χ0) is 27.2. The van der Waals surface area contributed by atoms with Crippen LogP contribution in [0.2, 0.25) is 0 Å². The van der Waals surface area contributed by atoms with Gasteiger partial charge in [0.2, 0.25) is 6.79 Å². The fraction of sp³-hybridized carbons (Fsp3) is 0.464. The summed E-state index contributed by atoms with van der Waals surface area (Å²) >= 11 is 0. The number of halogens is 1. The van der Waals surface area contributed by atoms with Gasteiger partial charge in [-0.1, -0.05) is 31.2 Å². The van der Waals surface area contributed by atoms with Crippen LogP contribution in [0, 0.1) is 5.82 Å². The quantitative estimate of drug-likeness (QED) is 0.527. The lowest BCUT2D eigenvalue weighted by atomic mass is 9.97. The van der Waals surface area contributed by atoms with Crippen LogP contribution < -0.4 is 14.8 Å². The van der Waals surface area contributed by atoms with E-state index in [2.05, 4.69) is 15.3 Å². The third-order valence-corrected chi connectivity index (χ3v) is 7.06. The number of urea groups is 1. The predicted molar refractivity (Wildman–Crippen MR) is 142 cm³/mol. The Morgan fingerprint density at radius 1 is 1.13 bits per heavy atom. The molecule has 0 aromatic heterocycles. The number of hydrogen-bond donors (Lipinski definition) is 1.